The number of ether oxygens (including phenoxy) is 1. The number of hydrogen-bond acceptors (Lipinski definition) is 3. The maximum atomic E-state index is 12.9. The lowest BCUT2D eigenvalue weighted by atomic mass is 10.1. The third-order valence-electron chi connectivity index (χ3n) is 5.08. The Balaban J connectivity index is 1.59. The van der Waals surface area contributed by atoms with Gasteiger partial charge in [0.2, 0.25) is 5.91 Å². The van der Waals surface area contributed by atoms with Gasteiger partial charge in [0, 0.05) is 34.8 Å². The van der Waals surface area contributed by atoms with Crippen molar-refractivity contribution in [2.45, 2.75) is 22.8 Å². The van der Waals surface area contributed by atoms with Crippen molar-refractivity contribution >= 4 is 75.5 Å². The van der Waals surface area contributed by atoms with Gasteiger partial charge in [0.25, 0.3) is 5.91 Å². The molecule has 0 heterocycles. The quantitative estimate of drug-likeness (QED) is 0.247. The lowest BCUT2D eigenvalue weighted by Gasteiger charge is -2.11. The van der Waals surface area contributed by atoms with E-state index < -0.39 is 40.8 Å². The SMILES string of the molecule is O=C(NCCCOCC(F)(F)F)c1cc(NC(=O)C2C(c3cc(Cl)cc(Cl)c3)C2(Cl)Cl)ccc1Cl. The van der Waals surface area contributed by atoms with E-state index in [0.29, 0.717) is 15.6 Å². The van der Waals surface area contributed by atoms with Gasteiger partial charge < -0.3 is 15.4 Å². The number of carbonyl (C=O) groups is 2. The van der Waals surface area contributed by atoms with E-state index in [-0.39, 0.29) is 35.8 Å². The molecule has 5 nitrogen and oxygen atoms in total. The highest BCUT2D eigenvalue weighted by molar-refractivity contribution is 6.53. The average molecular weight is 593 g/mol. The van der Waals surface area contributed by atoms with E-state index in [1.54, 1.807) is 18.2 Å². The van der Waals surface area contributed by atoms with Gasteiger partial charge in [-0.2, -0.15) is 13.2 Å². The predicted molar refractivity (Wildman–Crippen MR) is 131 cm³/mol. The highest BCUT2D eigenvalue weighted by Crippen LogP contribution is 2.65. The number of alkyl halides is 5. The molecule has 2 aromatic rings. The van der Waals surface area contributed by atoms with Gasteiger partial charge in [-0.25, -0.2) is 0 Å². The van der Waals surface area contributed by atoms with Gasteiger partial charge in [0.15, 0.2) is 0 Å². The second kappa shape index (κ2) is 11.3. The van der Waals surface area contributed by atoms with Gasteiger partial charge in [0.05, 0.1) is 16.5 Å². The zero-order chi connectivity index (χ0) is 26.0. The summed E-state index contributed by atoms with van der Waals surface area (Å²) in [7, 11) is 0. The summed E-state index contributed by atoms with van der Waals surface area (Å²) in [6.45, 7) is -1.47. The van der Waals surface area contributed by atoms with Gasteiger partial charge in [0.1, 0.15) is 10.9 Å². The minimum atomic E-state index is -4.41. The molecule has 0 aromatic heterocycles. The van der Waals surface area contributed by atoms with Gasteiger partial charge in [-0.1, -0.05) is 34.8 Å². The first kappa shape index (κ1) is 28.2. The number of amides is 2. The van der Waals surface area contributed by atoms with Crippen molar-refractivity contribution in [1.82, 2.24) is 5.32 Å². The average Bonchev–Trinajstić information content (AvgIpc) is 3.32. The topological polar surface area (TPSA) is 67.4 Å². The van der Waals surface area contributed by atoms with Crippen LogP contribution in [0.3, 0.4) is 0 Å². The Morgan fingerprint density at radius 3 is 2.31 bits per heavy atom. The van der Waals surface area contributed by atoms with Crippen LogP contribution in [-0.2, 0) is 9.53 Å². The largest absolute Gasteiger partial charge is 0.411 e. The van der Waals surface area contributed by atoms with Gasteiger partial charge in [-0.3, -0.25) is 9.59 Å². The van der Waals surface area contributed by atoms with Crippen molar-refractivity contribution in [3.8, 4) is 0 Å². The Morgan fingerprint density at radius 2 is 1.69 bits per heavy atom. The zero-order valence-corrected chi connectivity index (χ0v) is 21.5. The van der Waals surface area contributed by atoms with Crippen LogP contribution in [0.4, 0.5) is 18.9 Å². The number of benzene rings is 2. The normalized spacial score (nSPS) is 18.7. The summed E-state index contributed by atoms with van der Waals surface area (Å²) < 4.78 is 39.3. The van der Waals surface area contributed by atoms with E-state index in [1.165, 1.54) is 18.2 Å². The molecule has 35 heavy (non-hydrogen) atoms. The van der Waals surface area contributed by atoms with E-state index in [1.807, 2.05) is 0 Å². The van der Waals surface area contributed by atoms with Gasteiger partial charge in [-0.05, 0) is 48.4 Å². The predicted octanol–water partition coefficient (Wildman–Crippen LogP) is 6.87. The minimum Gasteiger partial charge on any atom is -0.372 e. The number of carbonyl (C=O) groups excluding carboxylic acids is 2. The fourth-order valence-corrected chi connectivity index (χ4v) is 5.05. The zero-order valence-electron chi connectivity index (χ0n) is 17.7. The molecule has 3 rings (SSSR count). The van der Waals surface area contributed by atoms with Crippen molar-refractivity contribution in [1.29, 1.82) is 0 Å². The summed E-state index contributed by atoms with van der Waals surface area (Å²) in [5.74, 6) is -2.39. The highest BCUT2D eigenvalue weighted by atomic mass is 35.5. The van der Waals surface area contributed by atoms with E-state index in [0.717, 1.165) is 0 Å². The van der Waals surface area contributed by atoms with Crippen LogP contribution in [0.5, 0.6) is 0 Å². The fraction of sp³-hybridized carbons (Fsp3) is 0.364. The van der Waals surface area contributed by atoms with Crippen molar-refractivity contribution in [3.05, 3.63) is 62.6 Å². The minimum absolute atomic E-state index is 0.0660. The molecule has 13 heteroatoms. The van der Waals surface area contributed by atoms with Gasteiger partial charge in [-0.15, -0.1) is 23.2 Å². The monoisotopic (exact) mass is 590 g/mol. The van der Waals surface area contributed by atoms with E-state index in [9.17, 15) is 22.8 Å². The maximum absolute atomic E-state index is 12.9. The molecule has 0 radical (unpaired) electrons. The molecule has 0 aliphatic heterocycles. The van der Waals surface area contributed by atoms with Gasteiger partial charge >= 0.3 is 6.18 Å². The number of anilines is 1. The molecular formula is C22H18Cl5F3N2O3. The maximum Gasteiger partial charge on any atom is 0.411 e. The molecule has 1 aliphatic rings. The van der Waals surface area contributed by atoms with Crippen molar-refractivity contribution in [2.24, 2.45) is 5.92 Å². The molecule has 190 valence electrons. The molecule has 1 saturated carbocycles. The van der Waals surface area contributed by atoms with E-state index >= 15 is 0 Å². The Morgan fingerprint density at radius 1 is 1.03 bits per heavy atom. The fourth-order valence-electron chi connectivity index (χ4n) is 3.48. The molecular weight excluding hydrogens is 575 g/mol. The second-order valence-corrected chi connectivity index (χ2v) is 10.5. The molecule has 2 N–H and O–H groups in total. The lowest BCUT2D eigenvalue weighted by Crippen LogP contribution is -2.26. The molecule has 1 fully saturated rings. The molecule has 1 aliphatic carbocycles. The highest BCUT2D eigenvalue weighted by Gasteiger charge is 2.67. The summed E-state index contributed by atoms with van der Waals surface area (Å²) in [5.41, 5.74) is 0.956. The first-order valence-corrected chi connectivity index (χ1v) is 12.1. The van der Waals surface area contributed by atoms with E-state index in [2.05, 4.69) is 15.4 Å². The first-order valence-electron chi connectivity index (χ1n) is 10.2. The third-order valence-corrected chi connectivity index (χ3v) is 6.78. The molecule has 0 bridgehead atoms. The summed E-state index contributed by atoms with van der Waals surface area (Å²) in [6, 6.07) is 9.10. The standard InChI is InChI=1S/C22H18Cl5F3N2O3/c23-12-6-11(7-13(24)8-12)17-18(22(17,26)27)20(34)32-14-2-3-16(25)15(9-14)19(33)31-4-1-5-35-10-21(28,29)30/h2-3,6-9,17-18H,1,4-5,10H2,(H,31,33)(H,32,34). The van der Waals surface area contributed by atoms with Crippen LogP contribution < -0.4 is 10.6 Å². The van der Waals surface area contributed by atoms with Crippen LogP contribution in [0.2, 0.25) is 15.1 Å². The van der Waals surface area contributed by atoms with E-state index in [4.69, 9.17) is 58.0 Å². The Hall–Kier alpha value is -1.42. The summed E-state index contributed by atoms with van der Waals surface area (Å²) >= 11 is 30.9. The molecule has 0 saturated heterocycles. The number of hydrogen-bond donors (Lipinski definition) is 2. The van der Waals surface area contributed by atoms with Crippen LogP contribution in [0.1, 0.15) is 28.3 Å². The Kier molecular flexibility index (Phi) is 9.10. The van der Waals surface area contributed by atoms with Crippen LogP contribution in [0.15, 0.2) is 36.4 Å². The first-order chi connectivity index (χ1) is 16.3. The summed E-state index contributed by atoms with van der Waals surface area (Å²) in [5, 5.41) is 6.09. The third kappa shape index (κ3) is 7.54. The Labute approximate surface area is 224 Å². The number of halogens is 8. The molecule has 2 amide bonds. The summed E-state index contributed by atoms with van der Waals surface area (Å²) in [6.07, 6.45) is -4.24. The molecule has 2 atom stereocenters. The van der Waals surface area contributed by atoms with Crippen LogP contribution >= 0.6 is 58.0 Å². The number of nitrogens with one attached hydrogen (secondary N) is 2. The molecule has 2 aromatic carbocycles. The lowest BCUT2D eigenvalue weighted by molar-refractivity contribution is -0.173. The number of rotatable bonds is 9. The van der Waals surface area contributed by atoms with Crippen LogP contribution in [0, 0.1) is 5.92 Å². The van der Waals surface area contributed by atoms with Crippen LogP contribution in [-0.4, -0.2) is 42.1 Å². The molecule has 0 spiro atoms. The Bertz CT molecular complexity index is 1090. The van der Waals surface area contributed by atoms with Crippen molar-refractivity contribution in [2.75, 3.05) is 25.1 Å². The van der Waals surface area contributed by atoms with Crippen LogP contribution in [0.25, 0.3) is 0 Å². The summed E-state index contributed by atoms with van der Waals surface area (Å²) in [4.78, 5) is 25.3. The molecule has 2 unspecified atom stereocenters. The smallest absolute Gasteiger partial charge is 0.372 e. The van der Waals surface area contributed by atoms with Crippen molar-refractivity contribution < 1.29 is 27.5 Å². The second-order valence-electron chi connectivity index (χ2n) is 7.79. The van der Waals surface area contributed by atoms with Crippen molar-refractivity contribution in [3.63, 3.8) is 0 Å².